The Balaban J connectivity index is 2.44. The van der Waals surface area contributed by atoms with Gasteiger partial charge in [0, 0.05) is 12.6 Å². The van der Waals surface area contributed by atoms with Crippen molar-refractivity contribution in [3.8, 4) is 0 Å². The van der Waals surface area contributed by atoms with E-state index in [-0.39, 0.29) is 0 Å². The molecule has 2 unspecified atom stereocenters. The molecular formula is C8H15N2+. The van der Waals surface area contributed by atoms with Crippen LogP contribution in [0.4, 0.5) is 0 Å². The van der Waals surface area contributed by atoms with Gasteiger partial charge >= 0.3 is 0 Å². The molecular weight excluding hydrogens is 124 g/mol. The second-order valence-electron chi connectivity index (χ2n) is 2.76. The molecule has 0 aliphatic carbocycles. The van der Waals surface area contributed by atoms with Crippen molar-refractivity contribution in [2.45, 2.75) is 25.8 Å². The molecule has 0 spiro atoms. The van der Waals surface area contributed by atoms with Gasteiger partial charge in [-0.1, -0.05) is 13.3 Å². The summed E-state index contributed by atoms with van der Waals surface area (Å²) < 4.78 is 0. The summed E-state index contributed by atoms with van der Waals surface area (Å²) in [5.74, 6) is 0. The van der Waals surface area contributed by atoms with Crippen LogP contribution in [0.5, 0.6) is 0 Å². The van der Waals surface area contributed by atoms with E-state index < -0.39 is 0 Å². The fraction of sp³-hybridized carbons (Fsp3) is 0.625. The predicted octanol–water partition coefficient (Wildman–Crippen LogP) is 0.225. The zero-order valence-corrected chi connectivity index (χ0v) is 6.67. The number of hydrogen-bond donors (Lipinski definition) is 1. The Kier molecular flexibility index (Phi) is 2.63. The summed E-state index contributed by atoms with van der Waals surface area (Å²) in [6.45, 7) is 2.22. The average molecular weight is 139 g/mol. The Morgan fingerprint density at radius 1 is 1.60 bits per heavy atom. The summed E-state index contributed by atoms with van der Waals surface area (Å²) in [5, 5.41) is 0. The van der Waals surface area contributed by atoms with E-state index in [2.05, 4.69) is 25.0 Å². The molecule has 0 fully saturated rings. The van der Waals surface area contributed by atoms with Crippen molar-refractivity contribution in [2.75, 3.05) is 7.05 Å². The minimum atomic E-state index is 0.655. The molecule has 1 aliphatic rings. The first-order chi connectivity index (χ1) is 4.84. The van der Waals surface area contributed by atoms with E-state index in [1.54, 1.807) is 0 Å². The zero-order chi connectivity index (χ0) is 7.40. The monoisotopic (exact) mass is 139 g/mol. The molecule has 10 heavy (non-hydrogen) atoms. The molecule has 0 aromatic rings. The average Bonchev–Trinajstić information content (AvgIpc) is 1.94. The van der Waals surface area contributed by atoms with Crippen LogP contribution in [0.2, 0.25) is 0 Å². The molecule has 0 amide bonds. The van der Waals surface area contributed by atoms with E-state index in [1.165, 1.54) is 17.7 Å². The molecule has 2 atom stereocenters. The van der Waals surface area contributed by atoms with Crippen LogP contribution < -0.4 is 4.90 Å². The third-order valence-corrected chi connectivity index (χ3v) is 1.87. The van der Waals surface area contributed by atoms with Crippen LogP contribution in [-0.2, 0) is 0 Å². The van der Waals surface area contributed by atoms with Crippen LogP contribution in [-0.4, -0.2) is 19.4 Å². The summed E-state index contributed by atoms with van der Waals surface area (Å²) in [6, 6.07) is 0.655. The van der Waals surface area contributed by atoms with E-state index in [1.807, 2.05) is 12.5 Å². The highest BCUT2D eigenvalue weighted by Crippen LogP contribution is 1.95. The molecule has 0 saturated heterocycles. The molecule has 0 saturated carbocycles. The second kappa shape index (κ2) is 3.52. The standard InChI is InChI=1S/C8H14N2/c1-3-4-8-5-6-9-7-10(8)2/h5-8H,3-4H2,1-2H3/p+1. The molecule has 56 valence electrons. The predicted molar refractivity (Wildman–Crippen MR) is 43.2 cm³/mol. The first-order valence-electron chi connectivity index (χ1n) is 3.88. The van der Waals surface area contributed by atoms with Crippen molar-refractivity contribution >= 4 is 6.34 Å². The summed E-state index contributed by atoms with van der Waals surface area (Å²) >= 11 is 0. The zero-order valence-electron chi connectivity index (χ0n) is 6.67. The molecule has 1 heterocycles. The van der Waals surface area contributed by atoms with E-state index in [9.17, 15) is 0 Å². The summed E-state index contributed by atoms with van der Waals surface area (Å²) in [4.78, 5) is 5.44. The number of aliphatic imine (C=N–C) groups is 1. The van der Waals surface area contributed by atoms with Gasteiger partial charge in [-0.15, -0.1) is 0 Å². The number of rotatable bonds is 2. The lowest BCUT2D eigenvalue weighted by molar-refractivity contribution is -0.798. The van der Waals surface area contributed by atoms with Crippen LogP contribution in [0.3, 0.4) is 0 Å². The topological polar surface area (TPSA) is 16.8 Å². The summed E-state index contributed by atoms with van der Waals surface area (Å²) in [6.07, 6.45) is 8.54. The van der Waals surface area contributed by atoms with Gasteiger partial charge in [-0.05, 0) is 6.08 Å². The maximum atomic E-state index is 4.05. The van der Waals surface area contributed by atoms with Gasteiger partial charge in [0.1, 0.15) is 6.04 Å². The highest BCUT2D eigenvalue weighted by Gasteiger charge is 2.13. The lowest BCUT2D eigenvalue weighted by Crippen LogP contribution is -3.12. The maximum absolute atomic E-state index is 4.05. The molecule has 0 bridgehead atoms. The molecule has 2 heteroatoms. The Hall–Kier alpha value is -0.630. The number of nitrogens with one attached hydrogen (secondary N) is 1. The molecule has 2 nitrogen and oxygen atoms in total. The fourth-order valence-corrected chi connectivity index (χ4v) is 1.20. The third kappa shape index (κ3) is 1.67. The van der Waals surface area contributed by atoms with E-state index >= 15 is 0 Å². The Morgan fingerprint density at radius 3 is 3.00 bits per heavy atom. The van der Waals surface area contributed by atoms with Crippen molar-refractivity contribution < 1.29 is 4.90 Å². The molecule has 0 aromatic carbocycles. The van der Waals surface area contributed by atoms with Crippen LogP contribution in [0.1, 0.15) is 19.8 Å². The molecule has 1 aliphatic heterocycles. The number of quaternary nitrogens is 1. The summed E-state index contributed by atoms with van der Waals surface area (Å²) in [7, 11) is 2.15. The van der Waals surface area contributed by atoms with Crippen LogP contribution in [0, 0.1) is 0 Å². The van der Waals surface area contributed by atoms with Gasteiger partial charge in [0.2, 0.25) is 0 Å². The number of hydrogen-bond acceptors (Lipinski definition) is 1. The van der Waals surface area contributed by atoms with Crippen molar-refractivity contribution in [3.63, 3.8) is 0 Å². The second-order valence-corrected chi connectivity index (χ2v) is 2.76. The molecule has 0 radical (unpaired) electrons. The number of likely N-dealkylation sites (N-methyl/N-ethyl adjacent to an activating group) is 1. The Bertz CT molecular complexity index is 149. The van der Waals surface area contributed by atoms with Crippen molar-refractivity contribution in [1.29, 1.82) is 0 Å². The van der Waals surface area contributed by atoms with E-state index in [0.29, 0.717) is 6.04 Å². The first kappa shape index (κ1) is 7.48. The van der Waals surface area contributed by atoms with Gasteiger partial charge < -0.3 is 0 Å². The fourth-order valence-electron chi connectivity index (χ4n) is 1.20. The quantitative estimate of drug-likeness (QED) is 0.564. The van der Waals surface area contributed by atoms with Gasteiger partial charge in [0.25, 0.3) is 0 Å². The molecule has 0 aromatic heterocycles. The van der Waals surface area contributed by atoms with Gasteiger partial charge in [0.05, 0.1) is 7.05 Å². The van der Waals surface area contributed by atoms with Gasteiger partial charge in [-0.25, -0.2) is 4.99 Å². The van der Waals surface area contributed by atoms with E-state index in [4.69, 9.17) is 0 Å². The van der Waals surface area contributed by atoms with Crippen LogP contribution in [0.15, 0.2) is 17.3 Å². The third-order valence-electron chi connectivity index (χ3n) is 1.87. The molecule has 1 rings (SSSR count). The highest BCUT2D eigenvalue weighted by molar-refractivity contribution is 5.46. The Labute approximate surface area is 62.3 Å². The van der Waals surface area contributed by atoms with Crippen molar-refractivity contribution in [3.05, 3.63) is 12.3 Å². The van der Waals surface area contributed by atoms with Crippen molar-refractivity contribution in [1.82, 2.24) is 0 Å². The van der Waals surface area contributed by atoms with Crippen molar-refractivity contribution in [2.24, 2.45) is 4.99 Å². The normalized spacial score (nSPS) is 31.0. The van der Waals surface area contributed by atoms with E-state index in [0.717, 1.165) is 0 Å². The first-order valence-corrected chi connectivity index (χ1v) is 3.88. The lowest BCUT2D eigenvalue weighted by Gasteiger charge is -2.18. The maximum Gasteiger partial charge on any atom is 0.188 e. The molecule has 1 N–H and O–H groups in total. The minimum absolute atomic E-state index is 0.655. The van der Waals surface area contributed by atoms with Gasteiger partial charge in [-0.2, -0.15) is 0 Å². The lowest BCUT2D eigenvalue weighted by atomic mass is 10.1. The van der Waals surface area contributed by atoms with Gasteiger partial charge in [-0.3, -0.25) is 4.90 Å². The SMILES string of the molecule is CCCC1C=CN=C[NH+]1C. The Morgan fingerprint density at radius 2 is 2.40 bits per heavy atom. The van der Waals surface area contributed by atoms with Gasteiger partial charge in [0.15, 0.2) is 6.34 Å². The smallest absolute Gasteiger partial charge is 0.188 e. The highest BCUT2D eigenvalue weighted by atomic mass is 15.2. The minimum Gasteiger partial charge on any atom is -0.289 e. The summed E-state index contributed by atoms with van der Waals surface area (Å²) in [5.41, 5.74) is 0. The number of nitrogens with zero attached hydrogens (tertiary/aromatic N) is 1. The largest absolute Gasteiger partial charge is 0.289 e. The van der Waals surface area contributed by atoms with Crippen LogP contribution >= 0.6 is 0 Å². The van der Waals surface area contributed by atoms with Crippen LogP contribution in [0.25, 0.3) is 0 Å².